The summed E-state index contributed by atoms with van der Waals surface area (Å²) in [6.07, 6.45) is 1.68. The Hall–Kier alpha value is -0.970. The third-order valence-corrected chi connectivity index (χ3v) is 3.73. The topological polar surface area (TPSA) is 49.8 Å². The molecule has 1 aromatic rings. The van der Waals surface area contributed by atoms with Gasteiger partial charge in [0.1, 0.15) is 5.75 Å². The molecule has 0 bridgehead atoms. The Bertz CT molecular complexity index is 468. The Balaban J connectivity index is 0.00000200. The number of halogens is 2. The number of carboxylic acid groups (broad SMARTS) is 1. The van der Waals surface area contributed by atoms with E-state index in [9.17, 15) is 4.79 Å². The van der Waals surface area contributed by atoms with E-state index in [2.05, 4.69) is 4.90 Å². The van der Waals surface area contributed by atoms with Crippen molar-refractivity contribution < 1.29 is 14.6 Å². The van der Waals surface area contributed by atoms with E-state index in [4.69, 9.17) is 21.4 Å². The molecule has 6 heteroatoms. The van der Waals surface area contributed by atoms with Crippen LogP contribution in [0.3, 0.4) is 0 Å². The number of ether oxygens (including phenoxy) is 1. The lowest BCUT2D eigenvalue weighted by atomic mass is 9.98. The maximum Gasteiger partial charge on any atom is 0.307 e. The molecule has 0 amide bonds. The highest BCUT2D eigenvalue weighted by Crippen LogP contribution is 2.26. The SMILES string of the molecule is COc1ccc(Cl)cc1CN1CCCC(C(=O)O)C1.Cl. The Kier molecular flexibility index (Phi) is 6.59. The molecule has 1 aromatic carbocycles. The lowest BCUT2D eigenvalue weighted by Gasteiger charge is -2.31. The molecular weight excluding hydrogens is 301 g/mol. The second kappa shape index (κ2) is 7.72. The van der Waals surface area contributed by atoms with Crippen molar-refractivity contribution in [1.82, 2.24) is 4.90 Å². The number of benzene rings is 1. The zero-order valence-electron chi connectivity index (χ0n) is 11.3. The summed E-state index contributed by atoms with van der Waals surface area (Å²) in [4.78, 5) is 13.2. The average molecular weight is 320 g/mol. The number of rotatable bonds is 4. The van der Waals surface area contributed by atoms with E-state index in [1.54, 1.807) is 13.2 Å². The monoisotopic (exact) mass is 319 g/mol. The van der Waals surface area contributed by atoms with Crippen LogP contribution in [-0.2, 0) is 11.3 Å². The van der Waals surface area contributed by atoms with Crippen molar-refractivity contribution in [3.8, 4) is 5.75 Å². The molecule has 1 aliphatic rings. The summed E-state index contributed by atoms with van der Waals surface area (Å²) in [5, 5.41) is 9.76. The Morgan fingerprint density at radius 2 is 2.30 bits per heavy atom. The molecule has 0 spiro atoms. The van der Waals surface area contributed by atoms with Crippen molar-refractivity contribution in [2.75, 3.05) is 20.2 Å². The van der Waals surface area contributed by atoms with Gasteiger partial charge in [-0.25, -0.2) is 0 Å². The van der Waals surface area contributed by atoms with E-state index < -0.39 is 5.97 Å². The zero-order valence-corrected chi connectivity index (χ0v) is 12.9. The van der Waals surface area contributed by atoms with E-state index in [0.717, 1.165) is 30.7 Å². The fourth-order valence-corrected chi connectivity index (χ4v) is 2.71. The van der Waals surface area contributed by atoms with Crippen molar-refractivity contribution in [3.63, 3.8) is 0 Å². The van der Waals surface area contributed by atoms with Crippen LogP contribution in [0.25, 0.3) is 0 Å². The molecule has 0 aliphatic carbocycles. The highest BCUT2D eigenvalue weighted by Gasteiger charge is 2.25. The minimum absolute atomic E-state index is 0. The molecule has 1 fully saturated rings. The van der Waals surface area contributed by atoms with Crippen LogP contribution in [0, 0.1) is 5.92 Å². The maximum atomic E-state index is 11.1. The lowest BCUT2D eigenvalue weighted by Crippen LogP contribution is -2.38. The van der Waals surface area contributed by atoms with E-state index >= 15 is 0 Å². The molecule has 2 rings (SSSR count). The molecule has 1 heterocycles. The van der Waals surface area contributed by atoms with Gasteiger partial charge >= 0.3 is 5.97 Å². The number of hydrogen-bond donors (Lipinski definition) is 1. The van der Waals surface area contributed by atoms with Crippen molar-refractivity contribution in [2.24, 2.45) is 5.92 Å². The Morgan fingerprint density at radius 3 is 2.95 bits per heavy atom. The van der Waals surface area contributed by atoms with Crippen LogP contribution in [-0.4, -0.2) is 36.2 Å². The summed E-state index contributed by atoms with van der Waals surface area (Å²) in [5.41, 5.74) is 1.00. The van der Waals surface area contributed by atoms with Crippen molar-refractivity contribution >= 4 is 30.0 Å². The maximum absolute atomic E-state index is 11.1. The van der Waals surface area contributed by atoms with Gasteiger partial charge in [-0.05, 0) is 37.6 Å². The molecule has 4 nitrogen and oxygen atoms in total. The largest absolute Gasteiger partial charge is 0.496 e. The van der Waals surface area contributed by atoms with Crippen LogP contribution in [0.2, 0.25) is 5.02 Å². The van der Waals surface area contributed by atoms with Crippen molar-refractivity contribution in [3.05, 3.63) is 28.8 Å². The third kappa shape index (κ3) is 4.27. The first-order valence-corrected chi connectivity index (χ1v) is 6.75. The minimum Gasteiger partial charge on any atom is -0.496 e. The van der Waals surface area contributed by atoms with Crippen LogP contribution in [0.1, 0.15) is 18.4 Å². The first-order valence-electron chi connectivity index (χ1n) is 6.37. The standard InChI is InChI=1S/C14H18ClNO3.ClH/c1-19-13-5-4-12(15)7-11(13)9-16-6-2-3-10(8-16)14(17)18;/h4-5,7,10H,2-3,6,8-9H2,1H3,(H,17,18);1H. The molecule has 1 saturated heterocycles. The van der Waals surface area contributed by atoms with Crippen LogP contribution >= 0.6 is 24.0 Å². The van der Waals surface area contributed by atoms with Gasteiger partial charge in [-0.3, -0.25) is 9.69 Å². The number of piperidine rings is 1. The summed E-state index contributed by atoms with van der Waals surface area (Å²) in [6.45, 7) is 2.18. The summed E-state index contributed by atoms with van der Waals surface area (Å²) in [5.74, 6) is -0.177. The van der Waals surface area contributed by atoms with Crippen LogP contribution < -0.4 is 4.74 Å². The Morgan fingerprint density at radius 1 is 1.55 bits per heavy atom. The minimum atomic E-state index is -0.706. The molecule has 1 aliphatic heterocycles. The van der Waals surface area contributed by atoms with Crippen molar-refractivity contribution in [2.45, 2.75) is 19.4 Å². The number of methoxy groups -OCH3 is 1. The van der Waals surface area contributed by atoms with Gasteiger partial charge < -0.3 is 9.84 Å². The Labute approximate surface area is 130 Å². The van der Waals surface area contributed by atoms with Gasteiger partial charge in [0, 0.05) is 23.7 Å². The molecule has 0 radical (unpaired) electrons. The predicted octanol–water partition coefficient (Wildman–Crippen LogP) is 3.07. The van der Waals surface area contributed by atoms with Gasteiger partial charge in [0.2, 0.25) is 0 Å². The molecule has 112 valence electrons. The smallest absolute Gasteiger partial charge is 0.307 e. The summed E-state index contributed by atoms with van der Waals surface area (Å²) < 4.78 is 5.31. The van der Waals surface area contributed by atoms with E-state index in [1.807, 2.05) is 12.1 Å². The molecule has 1 atom stereocenters. The first-order chi connectivity index (χ1) is 9.10. The van der Waals surface area contributed by atoms with E-state index in [-0.39, 0.29) is 18.3 Å². The van der Waals surface area contributed by atoms with Gasteiger partial charge in [0.25, 0.3) is 0 Å². The van der Waals surface area contributed by atoms with Gasteiger partial charge in [-0.15, -0.1) is 12.4 Å². The normalized spacial score (nSPS) is 19.2. The predicted molar refractivity (Wildman–Crippen MR) is 80.9 cm³/mol. The van der Waals surface area contributed by atoms with Crippen molar-refractivity contribution in [1.29, 1.82) is 0 Å². The number of aliphatic carboxylic acids is 1. The number of nitrogens with zero attached hydrogens (tertiary/aromatic N) is 1. The number of carbonyl (C=O) groups is 1. The van der Waals surface area contributed by atoms with Gasteiger partial charge in [-0.2, -0.15) is 0 Å². The van der Waals surface area contributed by atoms with Crippen LogP contribution in [0.5, 0.6) is 5.75 Å². The van der Waals surface area contributed by atoms with Gasteiger partial charge in [-0.1, -0.05) is 11.6 Å². The fraction of sp³-hybridized carbons (Fsp3) is 0.500. The second-order valence-corrected chi connectivity index (χ2v) is 5.31. The highest BCUT2D eigenvalue weighted by molar-refractivity contribution is 6.30. The molecule has 1 unspecified atom stereocenters. The summed E-state index contributed by atoms with van der Waals surface area (Å²) >= 11 is 6.00. The molecule has 20 heavy (non-hydrogen) atoms. The highest BCUT2D eigenvalue weighted by atomic mass is 35.5. The lowest BCUT2D eigenvalue weighted by molar-refractivity contribution is -0.143. The van der Waals surface area contributed by atoms with E-state index in [0.29, 0.717) is 18.1 Å². The number of likely N-dealkylation sites (tertiary alicyclic amines) is 1. The van der Waals surface area contributed by atoms with Crippen LogP contribution in [0.15, 0.2) is 18.2 Å². The molecule has 0 saturated carbocycles. The van der Waals surface area contributed by atoms with Gasteiger partial charge in [0.05, 0.1) is 13.0 Å². The molecular formula is C14H19Cl2NO3. The summed E-state index contributed by atoms with van der Waals surface area (Å²) in [7, 11) is 1.63. The first kappa shape index (κ1) is 17.1. The summed E-state index contributed by atoms with van der Waals surface area (Å²) in [6, 6.07) is 5.52. The quantitative estimate of drug-likeness (QED) is 0.926. The number of hydrogen-bond acceptors (Lipinski definition) is 3. The average Bonchev–Trinajstić information content (AvgIpc) is 2.39. The van der Waals surface area contributed by atoms with Crippen LogP contribution in [0.4, 0.5) is 0 Å². The zero-order chi connectivity index (χ0) is 13.8. The molecule has 1 N–H and O–H groups in total. The molecule has 0 aromatic heterocycles. The van der Waals surface area contributed by atoms with Gasteiger partial charge in [0.15, 0.2) is 0 Å². The third-order valence-electron chi connectivity index (χ3n) is 3.49. The number of carboxylic acids is 1. The fourth-order valence-electron chi connectivity index (χ4n) is 2.51. The van der Waals surface area contributed by atoms with E-state index in [1.165, 1.54) is 0 Å². The second-order valence-electron chi connectivity index (χ2n) is 4.87.